The van der Waals surface area contributed by atoms with Gasteiger partial charge < -0.3 is 10.2 Å². The smallest absolute Gasteiger partial charge is 0.336 e. The van der Waals surface area contributed by atoms with Crippen molar-refractivity contribution < 1.29 is 24.6 Å². The number of rotatable bonds is 6. The maximum atomic E-state index is 11.7. The lowest BCUT2D eigenvalue weighted by Crippen LogP contribution is -2.07. The molecule has 0 saturated heterocycles. The van der Waals surface area contributed by atoms with Crippen LogP contribution in [-0.4, -0.2) is 33.0 Å². The number of carboxylic acids is 2. The van der Waals surface area contributed by atoms with E-state index >= 15 is 0 Å². The molecule has 2 aromatic carbocycles. The van der Waals surface area contributed by atoms with Crippen molar-refractivity contribution in [1.82, 2.24) is 0 Å². The molecule has 0 bridgehead atoms. The second-order valence-electron chi connectivity index (χ2n) is 5.12. The van der Waals surface area contributed by atoms with Crippen LogP contribution < -0.4 is 0 Å². The Hall–Kier alpha value is -2.60. The highest BCUT2D eigenvalue weighted by Crippen LogP contribution is 2.28. The van der Waals surface area contributed by atoms with E-state index in [4.69, 9.17) is 5.11 Å². The minimum atomic E-state index is -1.07. The number of hydrogen-bond donors (Lipinski definition) is 2. The first-order valence-electron chi connectivity index (χ1n) is 7.22. The third-order valence-corrected chi connectivity index (χ3v) is 4.28. The van der Waals surface area contributed by atoms with Crippen molar-refractivity contribution in [3.8, 4) is 11.1 Å². The second kappa shape index (κ2) is 7.79. The summed E-state index contributed by atoms with van der Waals surface area (Å²) in [5.41, 5.74) is 1.87. The summed E-state index contributed by atoms with van der Waals surface area (Å²) in [6, 6.07) is 11.3. The van der Waals surface area contributed by atoms with Crippen LogP contribution in [0.1, 0.15) is 33.2 Å². The van der Waals surface area contributed by atoms with Gasteiger partial charge in [0.25, 0.3) is 0 Å². The monoisotopic (exact) mass is 344 g/mol. The Balaban J connectivity index is 2.46. The number of carbonyl (C=O) groups is 3. The molecule has 2 rings (SSSR count). The summed E-state index contributed by atoms with van der Waals surface area (Å²) < 4.78 is 0. The third kappa shape index (κ3) is 4.23. The summed E-state index contributed by atoms with van der Waals surface area (Å²) in [6.07, 6.45) is 0.443. The van der Waals surface area contributed by atoms with Crippen molar-refractivity contribution in [3.63, 3.8) is 0 Å². The van der Waals surface area contributed by atoms with E-state index in [1.165, 1.54) is 19.1 Å². The van der Waals surface area contributed by atoms with Gasteiger partial charge in [0.1, 0.15) is 0 Å². The van der Waals surface area contributed by atoms with Crippen LogP contribution in [0.15, 0.2) is 42.5 Å². The molecule has 0 saturated carbocycles. The van der Waals surface area contributed by atoms with E-state index in [1.807, 2.05) is 0 Å². The lowest BCUT2D eigenvalue weighted by atomic mass is 9.93. The van der Waals surface area contributed by atoms with Gasteiger partial charge in [-0.2, -0.15) is 0 Å². The summed E-state index contributed by atoms with van der Waals surface area (Å²) in [5, 5.41) is 18.7. The molecule has 0 unspecified atom stereocenters. The summed E-state index contributed by atoms with van der Waals surface area (Å²) in [6.45, 7) is 1.47. The molecule has 0 fully saturated rings. The first-order valence-corrected chi connectivity index (χ1v) is 8.21. The van der Waals surface area contributed by atoms with Crippen LogP contribution in [0.3, 0.4) is 0 Å². The Bertz CT molecular complexity index is 798. The quantitative estimate of drug-likeness (QED) is 0.832. The normalized spacial score (nSPS) is 10.4. The van der Waals surface area contributed by atoms with Crippen LogP contribution in [0.4, 0.5) is 0 Å². The van der Waals surface area contributed by atoms with Crippen LogP contribution >= 0.6 is 11.8 Å². The lowest BCUT2D eigenvalue weighted by molar-refractivity contribution is -0.109. The number of aromatic carboxylic acids is 2. The number of carbonyl (C=O) groups excluding carboxylic acids is 1. The average Bonchev–Trinajstić information content (AvgIpc) is 2.54. The van der Waals surface area contributed by atoms with Gasteiger partial charge in [0.15, 0.2) is 5.12 Å². The number of aryl methyl sites for hydroxylation is 1. The van der Waals surface area contributed by atoms with E-state index in [2.05, 4.69) is 0 Å². The van der Waals surface area contributed by atoms with Gasteiger partial charge in [-0.1, -0.05) is 42.1 Å². The Morgan fingerprint density at radius 2 is 1.71 bits per heavy atom. The molecule has 0 heterocycles. The van der Waals surface area contributed by atoms with Gasteiger partial charge >= 0.3 is 11.9 Å². The highest BCUT2D eigenvalue weighted by molar-refractivity contribution is 8.13. The molecule has 0 radical (unpaired) electrons. The van der Waals surface area contributed by atoms with Gasteiger partial charge in [-0.3, -0.25) is 4.79 Å². The fraction of sp³-hybridized carbons (Fsp3) is 0.167. The van der Waals surface area contributed by atoms with Crippen LogP contribution in [0.5, 0.6) is 0 Å². The van der Waals surface area contributed by atoms with Gasteiger partial charge in [-0.05, 0) is 35.2 Å². The maximum Gasteiger partial charge on any atom is 0.336 e. The van der Waals surface area contributed by atoms with E-state index in [0.29, 0.717) is 28.9 Å². The van der Waals surface area contributed by atoms with Crippen LogP contribution in [0.25, 0.3) is 11.1 Å². The first-order chi connectivity index (χ1) is 11.4. The third-order valence-electron chi connectivity index (χ3n) is 3.46. The second-order valence-corrected chi connectivity index (χ2v) is 6.39. The maximum absolute atomic E-state index is 11.7. The van der Waals surface area contributed by atoms with Crippen molar-refractivity contribution in [2.45, 2.75) is 13.3 Å². The van der Waals surface area contributed by atoms with Crippen molar-refractivity contribution in [2.24, 2.45) is 0 Å². The zero-order chi connectivity index (χ0) is 17.7. The molecule has 6 heteroatoms. The van der Waals surface area contributed by atoms with E-state index < -0.39 is 11.9 Å². The van der Waals surface area contributed by atoms with Crippen molar-refractivity contribution in [1.29, 1.82) is 0 Å². The standard InChI is InChI=1S/C18H16O5S/c1-11(19)24-9-8-12-4-3-7-15(16(12)18(22)23)13-5-2-6-14(10-13)17(20)21/h2-7,10H,8-9H2,1H3,(H,20,21)(H,22,23). The van der Waals surface area contributed by atoms with Gasteiger partial charge in [0, 0.05) is 12.7 Å². The molecule has 0 atom stereocenters. The summed E-state index contributed by atoms with van der Waals surface area (Å²) in [4.78, 5) is 33.9. The molecule has 2 aromatic rings. The molecular formula is C18H16O5S. The van der Waals surface area contributed by atoms with E-state index in [1.54, 1.807) is 30.3 Å². The van der Waals surface area contributed by atoms with Crippen molar-refractivity contribution >= 4 is 28.8 Å². The predicted octanol–water partition coefficient (Wildman–Crippen LogP) is 3.57. The predicted molar refractivity (Wildman–Crippen MR) is 92.6 cm³/mol. The molecule has 0 spiro atoms. The minimum absolute atomic E-state index is 0.0165. The summed E-state index contributed by atoms with van der Waals surface area (Å²) in [7, 11) is 0. The summed E-state index contributed by atoms with van der Waals surface area (Å²) in [5.74, 6) is -1.65. The fourth-order valence-corrected chi connectivity index (χ4v) is 3.04. The minimum Gasteiger partial charge on any atom is -0.478 e. The Labute approximate surface area is 143 Å². The highest BCUT2D eigenvalue weighted by Gasteiger charge is 2.17. The highest BCUT2D eigenvalue weighted by atomic mass is 32.2. The molecule has 2 N–H and O–H groups in total. The van der Waals surface area contributed by atoms with Gasteiger partial charge in [0.2, 0.25) is 0 Å². The lowest BCUT2D eigenvalue weighted by Gasteiger charge is -2.12. The topological polar surface area (TPSA) is 91.7 Å². The largest absolute Gasteiger partial charge is 0.478 e. The van der Waals surface area contributed by atoms with Crippen LogP contribution in [0.2, 0.25) is 0 Å². The molecule has 0 amide bonds. The number of thioether (sulfide) groups is 1. The van der Waals surface area contributed by atoms with E-state index in [-0.39, 0.29) is 16.2 Å². The van der Waals surface area contributed by atoms with Crippen LogP contribution in [0, 0.1) is 0 Å². The molecule has 0 aliphatic rings. The molecule has 24 heavy (non-hydrogen) atoms. The Kier molecular flexibility index (Phi) is 5.76. The van der Waals surface area contributed by atoms with Crippen molar-refractivity contribution in [3.05, 3.63) is 59.2 Å². The number of carboxylic acid groups (broad SMARTS) is 2. The van der Waals surface area contributed by atoms with Gasteiger partial charge in [-0.25, -0.2) is 9.59 Å². The average molecular weight is 344 g/mol. The van der Waals surface area contributed by atoms with E-state index in [9.17, 15) is 19.5 Å². The molecular weight excluding hydrogens is 328 g/mol. The Morgan fingerprint density at radius 3 is 2.33 bits per heavy atom. The summed E-state index contributed by atoms with van der Waals surface area (Å²) >= 11 is 1.15. The SMILES string of the molecule is CC(=O)SCCc1cccc(-c2cccc(C(=O)O)c2)c1C(=O)O. The zero-order valence-electron chi connectivity index (χ0n) is 13.0. The molecule has 0 aliphatic heterocycles. The van der Waals surface area contributed by atoms with Crippen LogP contribution in [-0.2, 0) is 11.2 Å². The molecule has 124 valence electrons. The van der Waals surface area contributed by atoms with Crippen molar-refractivity contribution in [2.75, 3.05) is 5.75 Å². The number of hydrogen-bond acceptors (Lipinski definition) is 4. The molecule has 0 aromatic heterocycles. The molecule has 0 aliphatic carbocycles. The van der Waals surface area contributed by atoms with E-state index in [0.717, 1.165) is 11.8 Å². The van der Waals surface area contributed by atoms with Gasteiger partial charge in [-0.15, -0.1) is 0 Å². The molecule has 5 nitrogen and oxygen atoms in total. The van der Waals surface area contributed by atoms with Gasteiger partial charge in [0.05, 0.1) is 11.1 Å². The zero-order valence-corrected chi connectivity index (χ0v) is 13.8. The Morgan fingerprint density at radius 1 is 1.00 bits per heavy atom. The number of benzene rings is 2. The fourth-order valence-electron chi connectivity index (χ4n) is 2.43. The first kappa shape index (κ1) is 17.7.